The lowest BCUT2D eigenvalue weighted by molar-refractivity contribution is -0.129. The van der Waals surface area contributed by atoms with Crippen molar-refractivity contribution in [1.29, 1.82) is 0 Å². The molecule has 0 saturated heterocycles. The molecule has 0 saturated carbocycles. The number of aryl methyl sites for hydroxylation is 1. The van der Waals surface area contributed by atoms with Crippen molar-refractivity contribution in [3.8, 4) is 0 Å². The van der Waals surface area contributed by atoms with Gasteiger partial charge in [-0.3, -0.25) is 9.59 Å². The summed E-state index contributed by atoms with van der Waals surface area (Å²) in [7, 11) is 0. The fourth-order valence-corrected chi connectivity index (χ4v) is 3.16. The molecule has 0 spiro atoms. The van der Waals surface area contributed by atoms with Crippen molar-refractivity contribution in [2.75, 3.05) is 0 Å². The topological polar surface area (TPSA) is 90.3 Å². The van der Waals surface area contributed by atoms with Gasteiger partial charge in [-0.2, -0.15) is 5.10 Å². The summed E-state index contributed by atoms with van der Waals surface area (Å²) in [6.45, 7) is 8.13. The van der Waals surface area contributed by atoms with Gasteiger partial charge >= 0.3 is 5.97 Å². The van der Waals surface area contributed by atoms with Gasteiger partial charge in [-0.15, -0.1) is 0 Å². The second kappa shape index (κ2) is 9.55. The van der Waals surface area contributed by atoms with Crippen molar-refractivity contribution < 1.29 is 14.3 Å². The highest BCUT2D eigenvalue weighted by molar-refractivity contribution is 6.02. The van der Waals surface area contributed by atoms with E-state index in [2.05, 4.69) is 10.4 Å². The lowest BCUT2D eigenvalue weighted by atomic mass is 10.1. The maximum Gasteiger partial charge on any atom is 0.360 e. The van der Waals surface area contributed by atoms with E-state index in [1.807, 2.05) is 45.0 Å². The van der Waals surface area contributed by atoms with Gasteiger partial charge in [0.05, 0.1) is 5.39 Å². The Kier molecular flexibility index (Phi) is 6.84. The fraction of sp³-hybridized carbons (Fsp3) is 0.333. The number of carbonyl (C=O) groups excluding carboxylic acids is 2. The highest BCUT2D eigenvalue weighted by Gasteiger charge is 2.23. The van der Waals surface area contributed by atoms with E-state index in [-0.39, 0.29) is 17.2 Å². The molecule has 3 aromatic rings. The van der Waals surface area contributed by atoms with Gasteiger partial charge in [0.2, 0.25) is 0 Å². The van der Waals surface area contributed by atoms with E-state index in [0.717, 1.165) is 11.1 Å². The van der Waals surface area contributed by atoms with E-state index in [0.29, 0.717) is 23.9 Å². The zero-order valence-electron chi connectivity index (χ0n) is 18.2. The summed E-state index contributed by atoms with van der Waals surface area (Å²) in [6.07, 6.45) is -1.01. The molecule has 0 unspecified atom stereocenters. The predicted octanol–water partition coefficient (Wildman–Crippen LogP) is 3.22. The molecule has 0 fully saturated rings. The van der Waals surface area contributed by atoms with Gasteiger partial charge in [-0.05, 0) is 31.4 Å². The Morgan fingerprint density at radius 1 is 1.03 bits per heavy atom. The maximum atomic E-state index is 12.9. The van der Waals surface area contributed by atoms with Crippen molar-refractivity contribution in [3.05, 3.63) is 75.7 Å². The van der Waals surface area contributed by atoms with Crippen LogP contribution < -0.4 is 10.9 Å². The highest BCUT2D eigenvalue weighted by Crippen LogP contribution is 2.15. The second-order valence-electron chi connectivity index (χ2n) is 8.03. The quantitative estimate of drug-likeness (QED) is 0.592. The third kappa shape index (κ3) is 5.36. The van der Waals surface area contributed by atoms with Crippen LogP contribution in [0.5, 0.6) is 0 Å². The molecule has 1 aromatic heterocycles. The summed E-state index contributed by atoms with van der Waals surface area (Å²) in [6, 6.07) is 14.6. The van der Waals surface area contributed by atoms with Crippen LogP contribution in [0.3, 0.4) is 0 Å². The number of esters is 1. The number of nitrogens with one attached hydrogen (secondary N) is 1. The molecule has 1 atom stereocenters. The molecule has 0 aliphatic heterocycles. The van der Waals surface area contributed by atoms with Crippen LogP contribution in [0.15, 0.2) is 53.3 Å². The minimum Gasteiger partial charge on any atom is -0.448 e. The van der Waals surface area contributed by atoms with Crippen LogP contribution in [0.1, 0.15) is 42.4 Å². The molecule has 162 valence electrons. The van der Waals surface area contributed by atoms with Crippen LogP contribution in [0.2, 0.25) is 0 Å². The fourth-order valence-electron chi connectivity index (χ4n) is 3.16. The minimum absolute atomic E-state index is 0.0223. The van der Waals surface area contributed by atoms with E-state index in [4.69, 9.17) is 4.74 Å². The Hall–Kier alpha value is -3.48. The Bertz CT molecular complexity index is 1150. The van der Waals surface area contributed by atoms with Crippen molar-refractivity contribution in [3.63, 3.8) is 0 Å². The standard InChI is InChI=1S/C24H27N3O4/c1-15(2)14-27-23(29)20-8-6-5-7-19(20)21(26-27)24(30)31-17(4)22(28)25-13-18-11-9-16(3)10-12-18/h5-12,15,17H,13-14H2,1-4H3,(H,25,28)/t17-/m1/s1. The SMILES string of the molecule is Cc1ccc(CNC(=O)[C@@H](C)OC(=O)c2nn(CC(C)C)c(=O)c3ccccc23)cc1. The molecule has 1 N–H and O–H groups in total. The van der Waals surface area contributed by atoms with E-state index in [1.54, 1.807) is 24.3 Å². The lowest BCUT2D eigenvalue weighted by Crippen LogP contribution is -2.36. The molecule has 31 heavy (non-hydrogen) atoms. The van der Waals surface area contributed by atoms with Crippen LogP contribution in [0.25, 0.3) is 10.8 Å². The largest absolute Gasteiger partial charge is 0.448 e. The number of carbonyl (C=O) groups is 2. The average Bonchev–Trinajstić information content (AvgIpc) is 2.74. The molecule has 1 amide bonds. The van der Waals surface area contributed by atoms with Gasteiger partial charge < -0.3 is 10.1 Å². The van der Waals surface area contributed by atoms with Gasteiger partial charge in [0.25, 0.3) is 11.5 Å². The first kappa shape index (κ1) is 22.2. The number of rotatable bonds is 7. The Balaban J connectivity index is 1.77. The number of hydrogen-bond acceptors (Lipinski definition) is 5. The molecule has 0 bridgehead atoms. The molecular formula is C24H27N3O4. The lowest BCUT2D eigenvalue weighted by Gasteiger charge is -2.15. The van der Waals surface area contributed by atoms with Crippen molar-refractivity contribution in [2.24, 2.45) is 5.92 Å². The Morgan fingerprint density at radius 2 is 1.68 bits per heavy atom. The van der Waals surface area contributed by atoms with Gasteiger partial charge in [0, 0.05) is 18.5 Å². The number of nitrogens with zero attached hydrogens (tertiary/aromatic N) is 2. The number of hydrogen-bond donors (Lipinski definition) is 1. The monoisotopic (exact) mass is 421 g/mol. The first-order valence-electron chi connectivity index (χ1n) is 10.3. The second-order valence-corrected chi connectivity index (χ2v) is 8.03. The highest BCUT2D eigenvalue weighted by atomic mass is 16.5. The summed E-state index contributed by atoms with van der Waals surface area (Å²) < 4.78 is 6.67. The van der Waals surface area contributed by atoms with Gasteiger partial charge in [0.15, 0.2) is 11.8 Å². The average molecular weight is 421 g/mol. The summed E-state index contributed by atoms with van der Waals surface area (Å²) >= 11 is 0. The van der Waals surface area contributed by atoms with Crippen LogP contribution in [-0.2, 0) is 22.6 Å². The molecule has 0 aliphatic rings. The van der Waals surface area contributed by atoms with Crippen LogP contribution in [0.4, 0.5) is 0 Å². The molecule has 2 aromatic carbocycles. The molecule has 7 heteroatoms. The Morgan fingerprint density at radius 3 is 2.32 bits per heavy atom. The van der Waals surface area contributed by atoms with Gasteiger partial charge in [0.1, 0.15) is 0 Å². The molecule has 0 radical (unpaired) electrons. The summed E-state index contributed by atoms with van der Waals surface area (Å²) in [5.41, 5.74) is 1.85. The molecule has 0 aliphatic carbocycles. The number of fused-ring (bicyclic) bond motifs is 1. The smallest absolute Gasteiger partial charge is 0.360 e. The van der Waals surface area contributed by atoms with E-state index < -0.39 is 18.0 Å². The summed E-state index contributed by atoms with van der Waals surface area (Å²) in [4.78, 5) is 38.0. The summed E-state index contributed by atoms with van der Waals surface area (Å²) in [5, 5.41) is 7.82. The number of amides is 1. The maximum absolute atomic E-state index is 12.9. The number of ether oxygens (including phenoxy) is 1. The van der Waals surface area contributed by atoms with Crippen LogP contribution >= 0.6 is 0 Å². The molecule has 1 heterocycles. The first-order valence-corrected chi connectivity index (χ1v) is 10.3. The molecule has 3 rings (SSSR count). The van der Waals surface area contributed by atoms with Crippen molar-refractivity contribution in [2.45, 2.75) is 46.9 Å². The minimum atomic E-state index is -1.01. The van der Waals surface area contributed by atoms with Crippen LogP contribution in [0, 0.1) is 12.8 Å². The van der Waals surface area contributed by atoms with E-state index >= 15 is 0 Å². The predicted molar refractivity (Wildman–Crippen MR) is 119 cm³/mol. The third-order valence-corrected chi connectivity index (χ3v) is 4.84. The van der Waals surface area contributed by atoms with Crippen molar-refractivity contribution in [1.82, 2.24) is 15.1 Å². The molecular weight excluding hydrogens is 394 g/mol. The Labute approximate surface area is 181 Å². The van der Waals surface area contributed by atoms with Crippen molar-refractivity contribution >= 4 is 22.6 Å². The van der Waals surface area contributed by atoms with E-state index in [9.17, 15) is 14.4 Å². The third-order valence-electron chi connectivity index (χ3n) is 4.84. The van der Waals surface area contributed by atoms with E-state index in [1.165, 1.54) is 11.6 Å². The zero-order valence-corrected chi connectivity index (χ0v) is 18.2. The van der Waals surface area contributed by atoms with Gasteiger partial charge in [-0.25, -0.2) is 9.48 Å². The summed E-state index contributed by atoms with van der Waals surface area (Å²) in [5.74, 6) is -0.984. The number of benzene rings is 2. The van der Waals surface area contributed by atoms with Gasteiger partial charge in [-0.1, -0.05) is 61.9 Å². The normalized spacial score (nSPS) is 12.0. The zero-order chi connectivity index (χ0) is 22.5. The number of aromatic nitrogens is 2. The first-order chi connectivity index (χ1) is 14.8. The van der Waals surface area contributed by atoms with Crippen LogP contribution in [-0.4, -0.2) is 27.8 Å². The molecule has 7 nitrogen and oxygen atoms in total.